The van der Waals surface area contributed by atoms with Crippen LogP contribution in [0.15, 0.2) is 36.5 Å². The van der Waals surface area contributed by atoms with E-state index in [9.17, 15) is 9.59 Å². The lowest BCUT2D eigenvalue weighted by Crippen LogP contribution is -2.34. The van der Waals surface area contributed by atoms with Gasteiger partial charge < -0.3 is 15.5 Å². The molecule has 2 N–H and O–H groups in total. The van der Waals surface area contributed by atoms with Crippen LogP contribution in [0.2, 0.25) is 10.0 Å². The summed E-state index contributed by atoms with van der Waals surface area (Å²) in [5, 5.41) is 6.06. The Balaban J connectivity index is 2.10. The summed E-state index contributed by atoms with van der Waals surface area (Å²) in [5.41, 5.74) is 1.29. The van der Waals surface area contributed by atoms with Crippen molar-refractivity contribution in [2.24, 2.45) is 0 Å². The molecule has 126 valence electrons. The zero-order valence-electron chi connectivity index (χ0n) is 13.1. The van der Waals surface area contributed by atoms with Crippen molar-refractivity contribution in [1.29, 1.82) is 0 Å². The smallest absolute Gasteiger partial charge is 0.317 e. The number of rotatable bonds is 4. The van der Waals surface area contributed by atoms with Gasteiger partial charge in [-0.3, -0.25) is 9.78 Å². The lowest BCUT2D eigenvalue weighted by atomic mass is 10.2. The molecule has 1 aromatic heterocycles. The van der Waals surface area contributed by atoms with Gasteiger partial charge in [0, 0.05) is 25.9 Å². The van der Waals surface area contributed by atoms with E-state index >= 15 is 0 Å². The first kappa shape index (κ1) is 18.0. The fourth-order valence-corrected chi connectivity index (χ4v) is 2.34. The molecule has 2 aromatic rings. The number of aromatic nitrogens is 1. The van der Waals surface area contributed by atoms with Gasteiger partial charge in [-0.15, -0.1) is 0 Å². The summed E-state index contributed by atoms with van der Waals surface area (Å²) in [6.07, 6.45) is 1.50. The van der Waals surface area contributed by atoms with Crippen LogP contribution in [0.25, 0.3) is 0 Å². The van der Waals surface area contributed by atoms with Gasteiger partial charge in [0.1, 0.15) is 0 Å². The Kier molecular flexibility index (Phi) is 6.00. The van der Waals surface area contributed by atoms with Gasteiger partial charge in [0.2, 0.25) is 0 Å². The third-order valence-corrected chi connectivity index (χ3v) is 3.74. The van der Waals surface area contributed by atoms with Gasteiger partial charge in [-0.1, -0.05) is 29.3 Å². The summed E-state index contributed by atoms with van der Waals surface area (Å²) < 4.78 is 0. The van der Waals surface area contributed by atoms with Gasteiger partial charge in [-0.25, -0.2) is 4.79 Å². The summed E-state index contributed by atoms with van der Waals surface area (Å²) in [6, 6.07) is 7.89. The maximum atomic E-state index is 12.4. The number of anilines is 1. The monoisotopic (exact) mass is 366 g/mol. The highest BCUT2D eigenvalue weighted by Gasteiger charge is 2.12. The summed E-state index contributed by atoms with van der Waals surface area (Å²) in [7, 11) is 3.28. The van der Waals surface area contributed by atoms with E-state index in [4.69, 9.17) is 23.2 Å². The molecule has 24 heavy (non-hydrogen) atoms. The molecule has 0 fully saturated rings. The number of hydrogen-bond donors (Lipinski definition) is 2. The Bertz CT molecular complexity index is 745. The second kappa shape index (κ2) is 7.99. The number of halogens is 2. The number of hydrogen-bond acceptors (Lipinski definition) is 3. The van der Waals surface area contributed by atoms with Crippen molar-refractivity contribution < 1.29 is 9.59 Å². The number of urea groups is 1. The Labute approximate surface area is 149 Å². The molecule has 0 bridgehead atoms. The molecule has 0 spiro atoms. The molecule has 0 aliphatic rings. The lowest BCUT2D eigenvalue weighted by molar-refractivity contribution is 0.102. The van der Waals surface area contributed by atoms with E-state index in [1.807, 2.05) is 0 Å². The first-order chi connectivity index (χ1) is 11.4. The van der Waals surface area contributed by atoms with Crippen LogP contribution in [0, 0.1) is 0 Å². The van der Waals surface area contributed by atoms with Gasteiger partial charge in [-0.2, -0.15) is 0 Å². The number of carbonyl (C=O) groups is 2. The van der Waals surface area contributed by atoms with Gasteiger partial charge in [-0.05, 0) is 24.3 Å². The van der Waals surface area contributed by atoms with Crippen LogP contribution in [0.3, 0.4) is 0 Å². The molecule has 3 amide bonds. The van der Waals surface area contributed by atoms with E-state index in [0.29, 0.717) is 27.0 Å². The molecule has 0 aliphatic carbocycles. The molecule has 0 aliphatic heterocycles. The number of benzene rings is 1. The van der Waals surface area contributed by atoms with Crippen molar-refractivity contribution in [2.75, 3.05) is 19.4 Å². The highest BCUT2D eigenvalue weighted by molar-refractivity contribution is 6.40. The Hall–Kier alpha value is -2.31. The molecule has 0 unspecified atom stereocenters. The van der Waals surface area contributed by atoms with E-state index in [0.717, 1.165) is 0 Å². The molecule has 2 rings (SSSR count). The van der Waals surface area contributed by atoms with Crippen molar-refractivity contribution >= 4 is 40.8 Å². The topological polar surface area (TPSA) is 74.3 Å². The van der Waals surface area contributed by atoms with E-state index < -0.39 is 0 Å². The SMILES string of the molecule is CN(C)C(=O)NCc1cc(C(=O)Nc2c(Cl)cccc2Cl)ccn1. The van der Waals surface area contributed by atoms with E-state index in [1.165, 1.54) is 11.1 Å². The maximum absolute atomic E-state index is 12.4. The Morgan fingerprint density at radius 3 is 2.46 bits per heavy atom. The molecule has 6 nitrogen and oxygen atoms in total. The molecule has 1 aromatic carbocycles. The number of carbonyl (C=O) groups excluding carboxylic acids is 2. The van der Waals surface area contributed by atoms with Crippen molar-refractivity contribution in [3.8, 4) is 0 Å². The van der Waals surface area contributed by atoms with Crippen LogP contribution in [0.1, 0.15) is 16.1 Å². The molecule has 0 saturated carbocycles. The summed E-state index contributed by atoms with van der Waals surface area (Å²) in [5.74, 6) is -0.368. The normalized spacial score (nSPS) is 10.2. The average Bonchev–Trinajstić information content (AvgIpc) is 2.56. The van der Waals surface area contributed by atoms with Crippen molar-refractivity contribution in [3.63, 3.8) is 0 Å². The van der Waals surface area contributed by atoms with Crippen molar-refractivity contribution in [1.82, 2.24) is 15.2 Å². The fourth-order valence-electron chi connectivity index (χ4n) is 1.84. The fraction of sp³-hybridized carbons (Fsp3) is 0.188. The van der Waals surface area contributed by atoms with Crippen LogP contribution in [0.4, 0.5) is 10.5 Å². The first-order valence-electron chi connectivity index (χ1n) is 7.04. The predicted molar refractivity (Wildman–Crippen MR) is 94.6 cm³/mol. The lowest BCUT2D eigenvalue weighted by Gasteiger charge is -2.12. The average molecular weight is 367 g/mol. The van der Waals surface area contributed by atoms with Crippen LogP contribution in [-0.4, -0.2) is 35.9 Å². The molecule has 0 radical (unpaired) electrons. The number of nitrogens with zero attached hydrogens (tertiary/aromatic N) is 2. The summed E-state index contributed by atoms with van der Waals surface area (Å²) >= 11 is 12.1. The molecule has 1 heterocycles. The first-order valence-corrected chi connectivity index (χ1v) is 7.79. The minimum atomic E-state index is -0.368. The maximum Gasteiger partial charge on any atom is 0.317 e. The zero-order valence-corrected chi connectivity index (χ0v) is 14.6. The third-order valence-electron chi connectivity index (χ3n) is 3.11. The van der Waals surface area contributed by atoms with E-state index in [1.54, 1.807) is 44.4 Å². The van der Waals surface area contributed by atoms with E-state index in [2.05, 4.69) is 15.6 Å². The minimum absolute atomic E-state index is 0.213. The molecular weight excluding hydrogens is 351 g/mol. The molecule has 0 saturated heterocycles. The Morgan fingerprint density at radius 2 is 1.83 bits per heavy atom. The molecular formula is C16H16Cl2N4O2. The number of pyridine rings is 1. The van der Waals surface area contributed by atoms with E-state index in [-0.39, 0.29) is 18.5 Å². The standard InChI is InChI=1S/C16H16Cl2N4O2/c1-22(2)16(24)20-9-11-8-10(6-7-19-11)15(23)21-14-12(17)4-3-5-13(14)18/h3-8H,9H2,1-2H3,(H,20,24)(H,21,23). The zero-order chi connectivity index (χ0) is 17.7. The minimum Gasteiger partial charge on any atom is -0.332 e. The van der Waals surface area contributed by atoms with Gasteiger partial charge in [0.25, 0.3) is 5.91 Å². The summed E-state index contributed by atoms with van der Waals surface area (Å²) in [6.45, 7) is 0.213. The highest BCUT2D eigenvalue weighted by Crippen LogP contribution is 2.30. The third kappa shape index (κ3) is 4.59. The predicted octanol–water partition coefficient (Wildman–Crippen LogP) is 3.41. The van der Waals surface area contributed by atoms with Gasteiger partial charge in [0.05, 0.1) is 28.0 Å². The quantitative estimate of drug-likeness (QED) is 0.870. The second-order valence-electron chi connectivity index (χ2n) is 5.14. The van der Waals surface area contributed by atoms with Crippen LogP contribution in [0.5, 0.6) is 0 Å². The Morgan fingerprint density at radius 1 is 1.17 bits per heavy atom. The number of amides is 3. The highest BCUT2D eigenvalue weighted by atomic mass is 35.5. The molecule has 0 atom stereocenters. The summed E-state index contributed by atoms with van der Waals surface area (Å²) in [4.78, 5) is 29.4. The number of nitrogens with one attached hydrogen (secondary N) is 2. The van der Waals surface area contributed by atoms with Gasteiger partial charge >= 0.3 is 6.03 Å². The van der Waals surface area contributed by atoms with Crippen LogP contribution in [-0.2, 0) is 6.54 Å². The van der Waals surface area contributed by atoms with Crippen LogP contribution < -0.4 is 10.6 Å². The van der Waals surface area contributed by atoms with Crippen molar-refractivity contribution in [3.05, 3.63) is 57.8 Å². The van der Waals surface area contributed by atoms with Crippen molar-refractivity contribution in [2.45, 2.75) is 6.54 Å². The van der Waals surface area contributed by atoms with Gasteiger partial charge in [0.15, 0.2) is 0 Å². The van der Waals surface area contributed by atoms with Crippen LogP contribution >= 0.6 is 23.2 Å². The molecule has 8 heteroatoms. The number of para-hydroxylation sites is 1. The second-order valence-corrected chi connectivity index (χ2v) is 5.95. The largest absolute Gasteiger partial charge is 0.332 e.